The first-order valence-corrected chi connectivity index (χ1v) is 8.55. The molecule has 0 aromatic heterocycles. The van der Waals surface area contributed by atoms with Crippen LogP contribution in [-0.2, 0) is 19.1 Å². The summed E-state index contributed by atoms with van der Waals surface area (Å²) >= 11 is 0. The van der Waals surface area contributed by atoms with Crippen LogP contribution in [0.15, 0.2) is 18.2 Å². The molecule has 1 atom stereocenters. The minimum absolute atomic E-state index is 0.384. The Balaban J connectivity index is 1.89. The van der Waals surface area contributed by atoms with E-state index in [1.165, 1.54) is 14.2 Å². The van der Waals surface area contributed by atoms with E-state index in [4.69, 9.17) is 14.2 Å². The molecule has 2 N–H and O–H groups in total. The lowest BCUT2D eigenvalue weighted by Crippen LogP contribution is -2.43. The Morgan fingerprint density at radius 1 is 1.14 bits per heavy atom. The van der Waals surface area contributed by atoms with E-state index >= 15 is 0 Å². The van der Waals surface area contributed by atoms with Crippen molar-refractivity contribution in [2.75, 3.05) is 32.7 Å². The van der Waals surface area contributed by atoms with E-state index in [1.807, 2.05) is 0 Å². The third-order valence-corrected chi connectivity index (χ3v) is 4.34. The van der Waals surface area contributed by atoms with Crippen molar-refractivity contribution in [1.82, 2.24) is 10.2 Å². The van der Waals surface area contributed by atoms with Gasteiger partial charge in [-0.15, -0.1) is 0 Å². The molecule has 1 heterocycles. The summed E-state index contributed by atoms with van der Waals surface area (Å²) in [5.41, 5.74) is -0.648. The first-order valence-electron chi connectivity index (χ1n) is 8.55. The molecule has 152 valence electrons. The van der Waals surface area contributed by atoms with E-state index in [1.54, 1.807) is 32.0 Å². The van der Waals surface area contributed by atoms with Gasteiger partial charge in [-0.2, -0.15) is 0 Å². The van der Waals surface area contributed by atoms with Gasteiger partial charge in [0, 0.05) is 23.9 Å². The maximum absolute atomic E-state index is 12.2. The van der Waals surface area contributed by atoms with Crippen LogP contribution < -0.4 is 20.1 Å². The summed E-state index contributed by atoms with van der Waals surface area (Å²) in [7, 11) is 2.95. The standard InChI is InChI=1S/C18H23N3O7/c1-5-18(2)16(24)21(17(25)20-18)9-15(23)28-10-14(22)19-11-6-12(26-3)8-13(7-11)27-4/h6-8H,5,9-10H2,1-4H3,(H,19,22)(H,20,25). The third-order valence-electron chi connectivity index (χ3n) is 4.34. The van der Waals surface area contributed by atoms with Crippen LogP contribution in [0.3, 0.4) is 0 Å². The van der Waals surface area contributed by atoms with E-state index < -0.39 is 42.5 Å². The van der Waals surface area contributed by atoms with Crippen molar-refractivity contribution in [2.24, 2.45) is 0 Å². The van der Waals surface area contributed by atoms with E-state index in [-0.39, 0.29) is 0 Å². The molecule has 4 amide bonds. The van der Waals surface area contributed by atoms with E-state index in [0.29, 0.717) is 23.6 Å². The van der Waals surface area contributed by atoms with Crippen molar-refractivity contribution in [2.45, 2.75) is 25.8 Å². The molecule has 0 radical (unpaired) electrons. The topological polar surface area (TPSA) is 123 Å². The van der Waals surface area contributed by atoms with Crippen LogP contribution >= 0.6 is 0 Å². The number of imide groups is 1. The fourth-order valence-corrected chi connectivity index (χ4v) is 2.53. The number of hydrogen-bond acceptors (Lipinski definition) is 7. The molecule has 10 nitrogen and oxygen atoms in total. The Kier molecular flexibility index (Phi) is 6.45. The highest BCUT2D eigenvalue weighted by molar-refractivity contribution is 6.08. The molecule has 1 aliphatic heterocycles. The molecule has 0 bridgehead atoms. The number of carbonyl (C=O) groups excluding carboxylic acids is 4. The van der Waals surface area contributed by atoms with Gasteiger partial charge >= 0.3 is 12.0 Å². The maximum Gasteiger partial charge on any atom is 0.326 e. The number of hydrogen-bond donors (Lipinski definition) is 2. The first-order chi connectivity index (χ1) is 13.2. The Hall–Kier alpha value is -3.30. The van der Waals surface area contributed by atoms with Crippen LogP contribution in [0, 0.1) is 0 Å². The molecular formula is C18H23N3O7. The minimum Gasteiger partial charge on any atom is -0.497 e. The van der Waals surface area contributed by atoms with Crippen molar-refractivity contribution in [3.8, 4) is 11.5 Å². The number of nitrogens with one attached hydrogen (secondary N) is 2. The van der Waals surface area contributed by atoms with Crippen LogP contribution in [-0.4, -0.2) is 61.6 Å². The minimum atomic E-state index is -1.04. The summed E-state index contributed by atoms with van der Waals surface area (Å²) in [6.45, 7) is 2.18. The Bertz CT molecular complexity index is 773. The van der Waals surface area contributed by atoms with Gasteiger partial charge in [0.1, 0.15) is 23.6 Å². The summed E-state index contributed by atoms with van der Waals surface area (Å²) in [4.78, 5) is 48.8. The Labute approximate surface area is 162 Å². The summed E-state index contributed by atoms with van der Waals surface area (Å²) in [5, 5.41) is 5.08. The van der Waals surface area contributed by atoms with Crippen LogP contribution in [0.4, 0.5) is 10.5 Å². The summed E-state index contributed by atoms with van der Waals surface area (Å²) < 4.78 is 15.1. The molecule has 28 heavy (non-hydrogen) atoms. The van der Waals surface area contributed by atoms with E-state index in [2.05, 4.69) is 10.6 Å². The highest BCUT2D eigenvalue weighted by Crippen LogP contribution is 2.25. The fourth-order valence-electron chi connectivity index (χ4n) is 2.53. The number of benzene rings is 1. The number of nitrogens with zero attached hydrogens (tertiary/aromatic N) is 1. The molecule has 0 saturated carbocycles. The van der Waals surface area contributed by atoms with Gasteiger partial charge in [0.05, 0.1) is 14.2 Å². The molecule has 1 saturated heterocycles. The smallest absolute Gasteiger partial charge is 0.326 e. The number of anilines is 1. The van der Waals surface area contributed by atoms with E-state index in [0.717, 1.165) is 4.90 Å². The second-order valence-electron chi connectivity index (χ2n) is 6.32. The maximum atomic E-state index is 12.2. The number of esters is 1. The fraction of sp³-hybridized carbons (Fsp3) is 0.444. The lowest BCUT2D eigenvalue weighted by Gasteiger charge is -2.18. The lowest BCUT2D eigenvalue weighted by molar-refractivity contribution is -0.150. The second kappa shape index (κ2) is 8.59. The zero-order chi connectivity index (χ0) is 20.9. The van der Waals surface area contributed by atoms with Gasteiger partial charge in [0.2, 0.25) is 0 Å². The van der Waals surface area contributed by atoms with Gasteiger partial charge in [-0.05, 0) is 13.3 Å². The van der Waals surface area contributed by atoms with Gasteiger partial charge in [-0.25, -0.2) is 4.79 Å². The van der Waals surface area contributed by atoms with Crippen LogP contribution in [0.1, 0.15) is 20.3 Å². The summed E-state index contributed by atoms with van der Waals surface area (Å²) in [6.07, 6.45) is 0.384. The molecule has 10 heteroatoms. The van der Waals surface area contributed by atoms with Gasteiger partial charge in [-0.3, -0.25) is 19.3 Å². The van der Waals surface area contributed by atoms with Gasteiger partial charge in [-0.1, -0.05) is 6.92 Å². The van der Waals surface area contributed by atoms with Crippen molar-refractivity contribution < 1.29 is 33.4 Å². The van der Waals surface area contributed by atoms with Gasteiger partial charge in [0.25, 0.3) is 11.8 Å². The average molecular weight is 393 g/mol. The number of rotatable bonds is 8. The zero-order valence-corrected chi connectivity index (χ0v) is 16.2. The molecule has 1 aromatic rings. The average Bonchev–Trinajstić information content (AvgIpc) is 2.89. The van der Waals surface area contributed by atoms with Crippen molar-refractivity contribution in [1.29, 1.82) is 0 Å². The quantitative estimate of drug-likeness (QED) is 0.497. The highest BCUT2D eigenvalue weighted by atomic mass is 16.5. The Morgan fingerprint density at radius 2 is 1.75 bits per heavy atom. The van der Waals surface area contributed by atoms with Gasteiger partial charge < -0.3 is 24.8 Å². The van der Waals surface area contributed by atoms with Crippen LogP contribution in [0.2, 0.25) is 0 Å². The predicted octanol–water partition coefficient (Wildman–Crippen LogP) is 0.906. The first kappa shape index (κ1) is 21.0. The highest BCUT2D eigenvalue weighted by Gasteiger charge is 2.47. The largest absolute Gasteiger partial charge is 0.497 e. The normalized spacial score (nSPS) is 18.5. The van der Waals surface area contributed by atoms with Crippen LogP contribution in [0.25, 0.3) is 0 Å². The molecule has 1 aromatic carbocycles. The molecule has 0 aliphatic carbocycles. The molecular weight excluding hydrogens is 370 g/mol. The van der Waals surface area contributed by atoms with Crippen molar-refractivity contribution >= 4 is 29.5 Å². The summed E-state index contributed by atoms with van der Waals surface area (Å²) in [6, 6.07) is 4.11. The SMILES string of the molecule is CCC1(C)NC(=O)N(CC(=O)OCC(=O)Nc2cc(OC)cc(OC)c2)C1=O. The van der Waals surface area contributed by atoms with E-state index in [9.17, 15) is 19.2 Å². The molecule has 1 unspecified atom stereocenters. The van der Waals surface area contributed by atoms with Crippen molar-refractivity contribution in [3.05, 3.63) is 18.2 Å². The molecule has 2 rings (SSSR count). The molecule has 1 fully saturated rings. The zero-order valence-electron chi connectivity index (χ0n) is 16.2. The summed E-state index contributed by atoms with van der Waals surface area (Å²) in [5.74, 6) is -1.03. The van der Waals surface area contributed by atoms with Gasteiger partial charge in [0.15, 0.2) is 6.61 Å². The predicted molar refractivity (Wildman–Crippen MR) is 98.1 cm³/mol. The number of urea groups is 1. The third kappa shape index (κ3) is 4.70. The molecule has 1 aliphatic rings. The Morgan fingerprint density at radius 3 is 2.25 bits per heavy atom. The second-order valence-corrected chi connectivity index (χ2v) is 6.32. The molecule has 0 spiro atoms. The number of amides is 4. The monoisotopic (exact) mass is 393 g/mol. The lowest BCUT2D eigenvalue weighted by atomic mass is 9.99. The van der Waals surface area contributed by atoms with Crippen LogP contribution in [0.5, 0.6) is 11.5 Å². The number of ether oxygens (including phenoxy) is 3. The van der Waals surface area contributed by atoms with Crippen molar-refractivity contribution in [3.63, 3.8) is 0 Å². The number of carbonyl (C=O) groups is 4. The number of methoxy groups -OCH3 is 2.